The summed E-state index contributed by atoms with van der Waals surface area (Å²) in [7, 11) is 1.37. The van der Waals surface area contributed by atoms with E-state index < -0.39 is 5.92 Å². The lowest BCUT2D eigenvalue weighted by Crippen LogP contribution is -2.16. The standard InChI is InChI=1S/C23H18FNO2/c1-27-23(26)20(15-8-4-2-5-9-15)21-18-14-17(24)12-13-19(18)25-22(21)16-10-6-3-7-11-16/h2-14,20,25H,1H3. The van der Waals surface area contributed by atoms with Crippen molar-refractivity contribution in [3.8, 4) is 11.3 Å². The molecule has 0 spiro atoms. The maximum absolute atomic E-state index is 14.0. The van der Waals surface area contributed by atoms with Gasteiger partial charge in [0.25, 0.3) is 0 Å². The molecule has 1 heterocycles. The van der Waals surface area contributed by atoms with Crippen molar-refractivity contribution >= 4 is 16.9 Å². The molecular weight excluding hydrogens is 341 g/mol. The molecule has 0 saturated carbocycles. The van der Waals surface area contributed by atoms with Gasteiger partial charge in [0.05, 0.1) is 12.8 Å². The minimum Gasteiger partial charge on any atom is -0.468 e. The van der Waals surface area contributed by atoms with E-state index in [-0.39, 0.29) is 11.8 Å². The summed E-state index contributed by atoms with van der Waals surface area (Å²) in [6, 6.07) is 23.7. The normalized spacial score (nSPS) is 12.1. The van der Waals surface area contributed by atoms with Gasteiger partial charge in [-0.2, -0.15) is 0 Å². The number of aromatic amines is 1. The molecule has 1 unspecified atom stereocenters. The van der Waals surface area contributed by atoms with E-state index in [2.05, 4.69) is 4.98 Å². The van der Waals surface area contributed by atoms with Gasteiger partial charge in [-0.1, -0.05) is 60.7 Å². The average Bonchev–Trinajstić information content (AvgIpc) is 3.08. The second kappa shape index (κ2) is 7.08. The van der Waals surface area contributed by atoms with Gasteiger partial charge in [-0.05, 0) is 29.3 Å². The number of fused-ring (bicyclic) bond motifs is 1. The largest absolute Gasteiger partial charge is 0.468 e. The van der Waals surface area contributed by atoms with E-state index in [1.165, 1.54) is 19.2 Å². The number of H-pyrrole nitrogens is 1. The highest BCUT2D eigenvalue weighted by Crippen LogP contribution is 2.39. The number of aromatic nitrogens is 1. The van der Waals surface area contributed by atoms with Crippen LogP contribution in [-0.4, -0.2) is 18.1 Å². The summed E-state index contributed by atoms with van der Waals surface area (Å²) in [6.07, 6.45) is 0. The van der Waals surface area contributed by atoms with Gasteiger partial charge in [-0.3, -0.25) is 4.79 Å². The van der Waals surface area contributed by atoms with Gasteiger partial charge in [0.2, 0.25) is 0 Å². The number of carbonyl (C=O) groups excluding carboxylic acids is 1. The van der Waals surface area contributed by atoms with E-state index in [1.54, 1.807) is 6.07 Å². The average molecular weight is 359 g/mol. The second-order valence-electron chi connectivity index (χ2n) is 6.34. The fraction of sp³-hybridized carbons (Fsp3) is 0.0870. The van der Waals surface area contributed by atoms with Crippen molar-refractivity contribution < 1.29 is 13.9 Å². The minimum absolute atomic E-state index is 0.348. The van der Waals surface area contributed by atoms with Crippen molar-refractivity contribution in [2.45, 2.75) is 5.92 Å². The quantitative estimate of drug-likeness (QED) is 0.504. The van der Waals surface area contributed by atoms with E-state index >= 15 is 0 Å². The molecule has 1 N–H and O–H groups in total. The SMILES string of the molecule is COC(=O)C(c1ccccc1)c1c(-c2ccccc2)[nH]c2ccc(F)cc12. The molecule has 0 fully saturated rings. The zero-order chi connectivity index (χ0) is 18.8. The summed E-state index contributed by atoms with van der Waals surface area (Å²) in [4.78, 5) is 16.2. The van der Waals surface area contributed by atoms with Gasteiger partial charge < -0.3 is 9.72 Å². The Kier molecular flexibility index (Phi) is 4.47. The molecule has 4 heteroatoms. The molecule has 3 aromatic carbocycles. The summed E-state index contributed by atoms with van der Waals surface area (Å²) in [5.41, 5.74) is 4.00. The third-order valence-electron chi connectivity index (χ3n) is 4.72. The van der Waals surface area contributed by atoms with Gasteiger partial charge in [-0.15, -0.1) is 0 Å². The first-order chi connectivity index (χ1) is 13.2. The van der Waals surface area contributed by atoms with E-state index in [1.807, 2.05) is 60.7 Å². The molecule has 27 heavy (non-hydrogen) atoms. The number of ether oxygens (including phenoxy) is 1. The smallest absolute Gasteiger partial charge is 0.317 e. The Hall–Kier alpha value is -3.40. The van der Waals surface area contributed by atoms with Gasteiger partial charge in [0, 0.05) is 16.5 Å². The third-order valence-corrected chi connectivity index (χ3v) is 4.72. The number of nitrogens with one attached hydrogen (secondary N) is 1. The molecule has 0 saturated heterocycles. The van der Waals surface area contributed by atoms with Crippen LogP contribution in [0.25, 0.3) is 22.2 Å². The minimum atomic E-state index is -0.665. The number of hydrogen-bond donors (Lipinski definition) is 1. The number of benzene rings is 3. The lowest BCUT2D eigenvalue weighted by atomic mass is 9.87. The van der Waals surface area contributed by atoms with Crippen molar-refractivity contribution in [1.82, 2.24) is 4.98 Å². The van der Waals surface area contributed by atoms with Crippen molar-refractivity contribution in [3.05, 3.63) is 95.8 Å². The number of carbonyl (C=O) groups is 1. The second-order valence-corrected chi connectivity index (χ2v) is 6.34. The molecule has 4 aromatic rings. The van der Waals surface area contributed by atoms with Crippen LogP contribution in [-0.2, 0) is 9.53 Å². The van der Waals surface area contributed by atoms with Crippen LogP contribution in [0, 0.1) is 5.82 Å². The molecule has 3 nitrogen and oxygen atoms in total. The first kappa shape index (κ1) is 17.0. The molecular formula is C23H18FNO2. The Bertz CT molecular complexity index is 1090. The van der Waals surface area contributed by atoms with Crippen LogP contribution in [0.3, 0.4) is 0 Å². The topological polar surface area (TPSA) is 42.1 Å². The number of hydrogen-bond acceptors (Lipinski definition) is 2. The van der Waals surface area contributed by atoms with Crippen LogP contribution in [0.4, 0.5) is 4.39 Å². The Morgan fingerprint density at radius 2 is 1.63 bits per heavy atom. The molecule has 0 aliphatic rings. The van der Waals surface area contributed by atoms with Crippen LogP contribution >= 0.6 is 0 Å². The molecule has 1 aromatic heterocycles. The van der Waals surface area contributed by atoms with Gasteiger partial charge in [0.15, 0.2) is 0 Å². The highest BCUT2D eigenvalue weighted by molar-refractivity contribution is 5.97. The third kappa shape index (κ3) is 3.10. The molecule has 4 rings (SSSR count). The number of rotatable bonds is 4. The fourth-order valence-corrected chi connectivity index (χ4v) is 3.50. The van der Waals surface area contributed by atoms with Crippen molar-refractivity contribution in [3.63, 3.8) is 0 Å². The Labute approximate surface area is 156 Å². The monoisotopic (exact) mass is 359 g/mol. The summed E-state index contributed by atoms with van der Waals surface area (Å²) in [6.45, 7) is 0. The zero-order valence-electron chi connectivity index (χ0n) is 14.8. The van der Waals surface area contributed by atoms with Crippen LogP contribution in [0.2, 0.25) is 0 Å². The number of esters is 1. The Morgan fingerprint density at radius 1 is 0.963 bits per heavy atom. The van der Waals surface area contributed by atoms with E-state index in [0.29, 0.717) is 10.9 Å². The van der Waals surface area contributed by atoms with E-state index in [9.17, 15) is 9.18 Å². The van der Waals surface area contributed by atoms with Crippen LogP contribution in [0.5, 0.6) is 0 Å². The van der Waals surface area contributed by atoms with Gasteiger partial charge >= 0.3 is 5.97 Å². The number of methoxy groups -OCH3 is 1. The highest BCUT2D eigenvalue weighted by Gasteiger charge is 2.30. The van der Waals surface area contributed by atoms with Crippen LogP contribution in [0.15, 0.2) is 78.9 Å². The Balaban J connectivity index is 2.05. The van der Waals surface area contributed by atoms with Crippen molar-refractivity contribution in [1.29, 1.82) is 0 Å². The molecule has 0 aliphatic heterocycles. The highest BCUT2D eigenvalue weighted by atomic mass is 19.1. The molecule has 0 aliphatic carbocycles. The van der Waals surface area contributed by atoms with Gasteiger partial charge in [0.1, 0.15) is 11.7 Å². The molecule has 1 atom stereocenters. The summed E-state index contributed by atoms with van der Waals surface area (Å²) in [5, 5.41) is 0.674. The first-order valence-electron chi connectivity index (χ1n) is 8.68. The predicted molar refractivity (Wildman–Crippen MR) is 104 cm³/mol. The molecule has 0 bridgehead atoms. The summed E-state index contributed by atoms with van der Waals surface area (Å²) < 4.78 is 19.2. The summed E-state index contributed by atoms with van der Waals surface area (Å²) >= 11 is 0. The van der Waals surface area contributed by atoms with Crippen LogP contribution < -0.4 is 0 Å². The lowest BCUT2D eigenvalue weighted by Gasteiger charge is -2.17. The first-order valence-corrected chi connectivity index (χ1v) is 8.68. The van der Waals surface area contributed by atoms with Crippen molar-refractivity contribution in [2.75, 3.05) is 7.11 Å². The molecule has 134 valence electrons. The number of halogens is 1. The maximum Gasteiger partial charge on any atom is 0.317 e. The zero-order valence-corrected chi connectivity index (χ0v) is 14.8. The molecule has 0 radical (unpaired) electrons. The van der Waals surface area contributed by atoms with Crippen LogP contribution in [0.1, 0.15) is 17.0 Å². The van der Waals surface area contributed by atoms with E-state index in [4.69, 9.17) is 4.74 Å². The van der Waals surface area contributed by atoms with E-state index in [0.717, 1.165) is 22.3 Å². The Morgan fingerprint density at radius 3 is 2.30 bits per heavy atom. The molecule has 0 amide bonds. The lowest BCUT2D eigenvalue weighted by molar-refractivity contribution is -0.141. The fourth-order valence-electron chi connectivity index (χ4n) is 3.50. The maximum atomic E-state index is 14.0. The summed E-state index contributed by atoms with van der Waals surface area (Å²) in [5.74, 6) is -1.40. The van der Waals surface area contributed by atoms with Gasteiger partial charge in [-0.25, -0.2) is 4.39 Å². The van der Waals surface area contributed by atoms with Crippen molar-refractivity contribution in [2.24, 2.45) is 0 Å². The predicted octanol–water partition coefficient (Wildman–Crippen LogP) is 5.28.